The SMILES string of the molecule is CCNC(=NCCCCn1ccccc1=O)N(C)Cc1csc(C)n1.I. The van der Waals surface area contributed by atoms with Crippen molar-refractivity contribution < 1.29 is 0 Å². The lowest BCUT2D eigenvalue weighted by atomic mass is 10.3. The maximum atomic E-state index is 11.7. The fourth-order valence-corrected chi connectivity index (χ4v) is 3.10. The highest BCUT2D eigenvalue weighted by Gasteiger charge is 2.08. The van der Waals surface area contributed by atoms with Gasteiger partial charge in [0.05, 0.1) is 17.2 Å². The Morgan fingerprint density at radius 1 is 1.38 bits per heavy atom. The number of aromatic nitrogens is 2. The lowest BCUT2D eigenvalue weighted by molar-refractivity contribution is 0.469. The summed E-state index contributed by atoms with van der Waals surface area (Å²) in [6.07, 6.45) is 3.71. The van der Waals surface area contributed by atoms with Gasteiger partial charge in [-0.2, -0.15) is 0 Å². The quantitative estimate of drug-likeness (QED) is 0.268. The summed E-state index contributed by atoms with van der Waals surface area (Å²) in [5, 5.41) is 6.50. The summed E-state index contributed by atoms with van der Waals surface area (Å²) in [5.74, 6) is 0.894. The number of unbranched alkanes of at least 4 members (excludes halogenated alkanes) is 1. The molecule has 0 aromatic carbocycles. The molecule has 8 heteroatoms. The smallest absolute Gasteiger partial charge is 0.250 e. The minimum absolute atomic E-state index is 0. The largest absolute Gasteiger partial charge is 0.357 e. The number of halogens is 1. The Morgan fingerprint density at radius 3 is 2.85 bits per heavy atom. The number of nitrogens with one attached hydrogen (secondary N) is 1. The van der Waals surface area contributed by atoms with Crippen molar-refractivity contribution >= 4 is 41.3 Å². The van der Waals surface area contributed by atoms with Crippen molar-refractivity contribution in [2.24, 2.45) is 4.99 Å². The molecule has 144 valence electrons. The molecule has 2 rings (SSSR count). The minimum atomic E-state index is 0. The van der Waals surface area contributed by atoms with Crippen LogP contribution in [-0.4, -0.2) is 40.5 Å². The van der Waals surface area contributed by atoms with Crippen molar-refractivity contribution in [3.05, 3.63) is 50.8 Å². The zero-order chi connectivity index (χ0) is 18.1. The van der Waals surface area contributed by atoms with Crippen LogP contribution in [0.3, 0.4) is 0 Å². The van der Waals surface area contributed by atoms with Crippen LogP contribution in [-0.2, 0) is 13.1 Å². The van der Waals surface area contributed by atoms with Gasteiger partial charge in [-0.1, -0.05) is 6.07 Å². The van der Waals surface area contributed by atoms with Gasteiger partial charge in [-0.15, -0.1) is 35.3 Å². The first kappa shape index (κ1) is 22.6. The molecule has 2 aromatic heterocycles. The number of rotatable bonds is 8. The number of nitrogens with zero attached hydrogens (tertiary/aromatic N) is 4. The number of pyridine rings is 1. The predicted molar refractivity (Wildman–Crippen MR) is 120 cm³/mol. The topological polar surface area (TPSA) is 62.5 Å². The first-order chi connectivity index (χ1) is 12.1. The fourth-order valence-electron chi connectivity index (χ4n) is 2.49. The van der Waals surface area contributed by atoms with Gasteiger partial charge in [0, 0.05) is 44.3 Å². The van der Waals surface area contributed by atoms with Crippen molar-refractivity contribution in [1.82, 2.24) is 19.8 Å². The molecule has 0 aliphatic heterocycles. The Bertz CT molecular complexity index is 743. The van der Waals surface area contributed by atoms with Crippen LogP contribution in [0.4, 0.5) is 0 Å². The number of hydrogen-bond acceptors (Lipinski definition) is 4. The predicted octanol–water partition coefficient (Wildman–Crippen LogP) is 3.11. The number of guanidine groups is 1. The molecule has 0 unspecified atom stereocenters. The Hall–Kier alpha value is -1.42. The maximum Gasteiger partial charge on any atom is 0.250 e. The molecule has 0 amide bonds. The average molecular weight is 489 g/mol. The van der Waals surface area contributed by atoms with Crippen molar-refractivity contribution in [3.63, 3.8) is 0 Å². The van der Waals surface area contributed by atoms with Gasteiger partial charge in [0.2, 0.25) is 5.56 Å². The Kier molecular flexibility index (Phi) is 10.5. The van der Waals surface area contributed by atoms with E-state index < -0.39 is 0 Å². The van der Waals surface area contributed by atoms with E-state index in [1.54, 1.807) is 28.0 Å². The molecule has 0 saturated carbocycles. The summed E-state index contributed by atoms with van der Waals surface area (Å²) < 4.78 is 1.74. The summed E-state index contributed by atoms with van der Waals surface area (Å²) in [5.41, 5.74) is 1.12. The van der Waals surface area contributed by atoms with E-state index in [2.05, 4.69) is 32.5 Å². The zero-order valence-electron chi connectivity index (χ0n) is 15.6. The monoisotopic (exact) mass is 489 g/mol. The van der Waals surface area contributed by atoms with Crippen LogP contribution in [0.25, 0.3) is 0 Å². The van der Waals surface area contributed by atoms with Gasteiger partial charge in [0.15, 0.2) is 5.96 Å². The normalized spacial score (nSPS) is 11.1. The summed E-state index contributed by atoms with van der Waals surface area (Å²) >= 11 is 1.67. The van der Waals surface area contributed by atoms with Gasteiger partial charge >= 0.3 is 0 Å². The Labute approximate surface area is 176 Å². The van der Waals surface area contributed by atoms with Gasteiger partial charge in [0.1, 0.15) is 0 Å². The van der Waals surface area contributed by atoms with Gasteiger partial charge in [0.25, 0.3) is 0 Å². The van der Waals surface area contributed by atoms with Crippen molar-refractivity contribution in [2.45, 2.75) is 39.8 Å². The van der Waals surface area contributed by atoms with Crippen molar-refractivity contribution in [3.8, 4) is 0 Å². The molecule has 6 nitrogen and oxygen atoms in total. The first-order valence-corrected chi connectivity index (χ1v) is 9.54. The average Bonchev–Trinajstić information content (AvgIpc) is 3.00. The lowest BCUT2D eigenvalue weighted by Gasteiger charge is -2.21. The van der Waals surface area contributed by atoms with Crippen LogP contribution in [0.1, 0.15) is 30.5 Å². The third-order valence-corrected chi connectivity index (χ3v) is 4.55. The Balaban J connectivity index is 0.00000338. The molecule has 0 radical (unpaired) electrons. The molecule has 0 bridgehead atoms. The van der Waals surface area contributed by atoms with Gasteiger partial charge in [-0.05, 0) is 32.8 Å². The second kappa shape index (κ2) is 12.1. The summed E-state index contributed by atoms with van der Waals surface area (Å²) in [6.45, 7) is 7.14. The van der Waals surface area contributed by atoms with E-state index in [1.165, 1.54) is 0 Å². The molecule has 26 heavy (non-hydrogen) atoms. The van der Waals surface area contributed by atoms with Crippen LogP contribution < -0.4 is 10.9 Å². The van der Waals surface area contributed by atoms with E-state index >= 15 is 0 Å². The van der Waals surface area contributed by atoms with Crippen LogP contribution in [0, 0.1) is 6.92 Å². The summed E-state index contributed by atoms with van der Waals surface area (Å²) in [4.78, 5) is 22.9. The van der Waals surface area contributed by atoms with Gasteiger partial charge < -0.3 is 14.8 Å². The maximum absolute atomic E-state index is 11.7. The molecule has 0 spiro atoms. The van der Waals surface area contributed by atoms with Crippen molar-refractivity contribution in [1.29, 1.82) is 0 Å². The highest BCUT2D eigenvalue weighted by atomic mass is 127. The van der Waals surface area contributed by atoms with Crippen LogP contribution >= 0.6 is 35.3 Å². The molecular weight excluding hydrogens is 461 g/mol. The van der Waals surface area contributed by atoms with E-state index in [0.717, 1.165) is 55.7 Å². The fraction of sp³-hybridized carbons (Fsp3) is 0.500. The van der Waals surface area contributed by atoms with E-state index in [-0.39, 0.29) is 29.5 Å². The number of hydrogen-bond donors (Lipinski definition) is 1. The van der Waals surface area contributed by atoms with E-state index in [4.69, 9.17) is 0 Å². The summed E-state index contributed by atoms with van der Waals surface area (Å²) in [6, 6.07) is 5.25. The second-order valence-electron chi connectivity index (χ2n) is 5.89. The van der Waals surface area contributed by atoms with Crippen LogP contribution in [0.15, 0.2) is 39.6 Å². The van der Waals surface area contributed by atoms with Crippen LogP contribution in [0.2, 0.25) is 0 Å². The molecule has 0 saturated heterocycles. The number of aliphatic imine (C=N–C) groups is 1. The van der Waals surface area contributed by atoms with Gasteiger partial charge in [-0.3, -0.25) is 9.79 Å². The molecule has 0 aliphatic carbocycles. The van der Waals surface area contributed by atoms with Gasteiger partial charge in [-0.25, -0.2) is 4.98 Å². The molecule has 2 heterocycles. The third-order valence-electron chi connectivity index (χ3n) is 3.73. The molecule has 0 atom stereocenters. The molecular formula is C18H28IN5OS. The van der Waals surface area contributed by atoms with E-state index in [0.29, 0.717) is 0 Å². The zero-order valence-corrected chi connectivity index (χ0v) is 18.8. The third kappa shape index (κ3) is 7.45. The number of thiazole rings is 1. The molecule has 1 N–H and O–H groups in total. The molecule has 2 aromatic rings. The van der Waals surface area contributed by atoms with Crippen molar-refractivity contribution in [2.75, 3.05) is 20.1 Å². The first-order valence-electron chi connectivity index (χ1n) is 8.66. The molecule has 0 fully saturated rings. The second-order valence-corrected chi connectivity index (χ2v) is 6.95. The highest BCUT2D eigenvalue weighted by Crippen LogP contribution is 2.09. The highest BCUT2D eigenvalue weighted by molar-refractivity contribution is 14.0. The summed E-state index contributed by atoms with van der Waals surface area (Å²) in [7, 11) is 2.03. The van der Waals surface area contributed by atoms with Crippen LogP contribution in [0.5, 0.6) is 0 Å². The number of aryl methyl sites for hydroxylation is 2. The molecule has 0 aliphatic rings. The van der Waals surface area contributed by atoms with E-state index in [1.807, 2.05) is 26.2 Å². The minimum Gasteiger partial charge on any atom is -0.357 e. The Morgan fingerprint density at radius 2 is 2.19 bits per heavy atom. The lowest BCUT2D eigenvalue weighted by Crippen LogP contribution is -2.38. The van der Waals surface area contributed by atoms with E-state index in [9.17, 15) is 4.79 Å². The standard InChI is InChI=1S/C18H27N5OS.HI/c1-4-19-18(22(3)13-16-14-25-15(2)21-16)20-10-6-8-12-23-11-7-5-9-17(23)24;/h5,7,9,11,14H,4,6,8,10,12-13H2,1-3H3,(H,19,20);1H.